The van der Waals surface area contributed by atoms with Gasteiger partial charge < -0.3 is 35.4 Å². The number of hydrogen-bond acceptors (Lipinski definition) is 7. The molecule has 0 radical (unpaired) electrons. The molecule has 6 rings (SSSR count). The lowest BCUT2D eigenvalue weighted by Crippen LogP contribution is -2.53. The SMILES string of the molecule is Cc1cc(C[C@@H](OC(=O)N2CCC(N3Cc4sccc4NC3=O)CC2)C(=O)N2CCC(N3CCCCC3)CC2)cc(Cl)c1N. The molecule has 5 heterocycles. The number of piperidine rings is 3. The number of halogens is 1. The van der Waals surface area contributed by atoms with Crippen molar-refractivity contribution >= 4 is 52.3 Å². The molecule has 1 atom stereocenters. The number of urea groups is 1. The summed E-state index contributed by atoms with van der Waals surface area (Å²) in [6, 6.07) is 6.05. The van der Waals surface area contributed by atoms with E-state index in [1.54, 1.807) is 22.3 Å². The molecule has 4 aliphatic rings. The third-order valence-corrected chi connectivity index (χ3v) is 11.0. The second-order valence-corrected chi connectivity index (χ2v) is 14.0. The molecule has 2 aromatic rings. The van der Waals surface area contributed by atoms with Gasteiger partial charge in [-0.1, -0.05) is 24.1 Å². The highest BCUT2D eigenvalue weighted by atomic mass is 35.5. The number of ether oxygens (including phenoxy) is 1. The van der Waals surface area contributed by atoms with E-state index < -0.39 is 12.2 Å². The molecule has 44 heavy (non-hydrogen) atoms. The summed E-state index contributed by atoms with van der Waals surface area (Å²) in [6.45, 7) is 6.98. The van der Waals surface area contributed by atoms with E-state index in [9.17, 15) is 14.4 Å². The summed E-state index contributed by atoms with van der Waals surface area (Å²) in [5.41, 5.74) is 9.10. The van der Waals surface area contributed by atoms with E-state index in [0.29, 0.717) is 62.3 Å². The smallest absolute Gasteiger partial charge is 0.410 e. The monoisotopic (exact) mass is 642 g/mol. The lowest BCUT2D eigenvalue weighted by atomic mass is 9.98. The van der Waals surface area contributed by atoms with Gasteiger partial charge in [0.05, 0.1) is 22.9 Å². The molecule has 1 aromatic carbocycles. The summed E-state index contributed by atoms with van der Waals surface area (Å²) in [5, 5.41) is 5.39. The number of nitrogens with zero attached hydrogens (tertiary/aromatic N) is 4. The highest BCUT2D eigenvalue weighted by Crippen LogP contribution is 2.32. The largest absolute Gasteiger partial charge is 0.436 e. The Labute approximate surface area is 268 Å². The molecule has 10 nitrogen and oxygen atoms in total. The first-order valence-corrected chi connectivity index (χ1v) is 17.2. The molecule has 3 fully saturated rings. The summed E-state index contributed by atoms with van der Waals surface area (Å²) < 4.78 is 6.02. The minimum absolute atomic E-state index is 0.0350. The van der Waals surface area contributed by atoms with Crippen LogP contribution in [0.4, 0.5) is 21.0 Å². The van der Waals surface area contributed by atoms with Crippen molar-refractivity contribution in [1.82, 2.24) is 19.6 Å². The predicted molar refractivity (Wildman–Crippen MR) is 173 cm³/mol. The van der Waals surface area contributed by atoms with Crippen LogP contribution in [0.5, 0.6) is 0 Å². The summed E-state index contributed by atoms with van der Waals surface area (Å²) >= 11 is 8.02. The van der Waals surface area contributed by atoms with Crippen LogP contribution in [0.1, 0.15) is 60.9 Å². The number of benzene rings is 1. The molecule has 4 aliphatic heterocycles. The van der Waals surface area contributed by atoms with Crippen LogP contribution in [-0.4, -0.2) is 95.1 Å². The van der Waals surface area contributed by atoms with Crippen molar-refractivity contribution in [3.63, 3.8) is 0 Å². The number of thiophene rings is 1. The molecule has 1 aromatic heterocycles. The highest BCUT2D eigenvalue weighted by molar-refractivity contribution is 7.10. The molecule has 3 N–H and O–H groups in total. The number of anilines is 2. The molecule has 12 heteroatoms. The average Bonchev–Trinajstić information content (AvgIpc) is 3.50. The van der Waals surface area contributed by atoms with E-state index in [1.807, 2.05) is 34.2 Å². The van der Waals surface area contributed by atoms with Gasteiger partial charge in [-0.25, -0.2) is 9.59 Å². The van der Waals surface area contributed by atoms with Gasteiger partial charge in [0.2, 0.25) is 0 Å². The van der Waals surface area contributed by atoms with E-state index in [2.05, 4.69) is 10.2 Å². The van der Waals surface area contributed by atoms with Crippen LogP contribution in [0.15, 0.2) is 23.6 Å². The quantitative estimate of drug-likeness (QED) is 0.412. The van der Waals surface area contributed by atoms with E-state index in [-0.39, 0.29) is 24.4 Å². The zero-order valence-electron chi connectivity index (χ0n) is 25.4. The lowest BCUT2D eigenvalue weighted by Gasteiger charge is -2.41. The van der Waals surface area contributed by atoms with Crippen molar-refractivity contribution in [2.24, 2.45) is 0 Å². The number of nitrogens with two attached hydrogens (primary N) is 1. The van der Waals surface area contributed by atoms with Crippen LogP contribution < -0.4 is 11.1 Å². The van der Waals surface area contributed by atoms with Gasteiger partial charge in [0.25, 0.3) is 5.91 Å². The van der Waals surface area contributed by atoms with Crippen LogP contribution in [-0.2, 0) is 22.5 Å². The number of fused-ring (bicyclic) bond motifs is 1. The minimum atomic E-state index is -0.962. The molecular formula is C32H43ClN6O4S. The fourth-order valence-electron chi connectivity index (χ4n) is 7.12. The van der Waals surface area contributed by atoms with E-state index >= 15 is 0 Å². The van der Waals surface area contributed by atoms with E-state index in [0.717, 1.165) is 47.6 Å². The number of carbonyl (C=O) groups is 3. The van der Waals surface area contributed by atoms with Crippen molar-refractivity contribution in [2.45, 2.75) is 83.0 Å². The molecule has 0 unspecified atom stereocenters. The summed E-state index contributed by atoms with van der Waals surface area (Å²) in [6.07, 6.45) is 5.74. The number of hydrogen-bond donors (Lipinski definition) is 2. The zero-order valence-corrected chi connectivity index (χ0v) is 27.0. The Kier molecular flexibility index (Phi) is 9.53. The van der Waals surface area contributed by atoms with Crippen molar-refractivity contribution in [3.8, 4) is 0 Å². The Morgan fingerprint density at radius 2 is 1.70 bits per heavy atom. The van der Waals surface area contributed by atoms with E-state index in [4.69, 9.17) is 22.1 Å². The molecular weight excluding hydrogens is 600 g/mol. The summed E-state index contributed by atoms with van der Waals surface area (Å²) in [7, 11) is 0. The molecule has 4 amide bonds. The topological polar surface area (TPSA) is 111 Å². The van der Waals surface area contributed by atoms with Gasteiger partial charge in [0, 0.05) is 49.6 Å². The molecule has 238 valence electrons. The van der Waals surface area contributed by atoms with Crippen molar-refractivity contribution in [3.05, 3.63) is 44.6 Å². The lowest BCUT2D eigenvalue weighted by molar-refractivity contribution is -0.142. The van der Waals surface area contributed by atoms with Gasteiger partial charge in [0.1, 0.15) is 0 Å². The van der Waals surface area contributed by atoms with Gasteiger partial charge in [-0.05, 0) is 87.2 Å². The number of nitrogens with one attached hydrogen (secondary N) is 1. The van der Waals surface area contributed by atoms with Gasteiger partial charge in [-0.3, -0.25) is 4.79 Å². The first-order valence-electron chi connectivity index (χ1n) is 15.9. The molecule has 0 saturated carbocycles. The number of amides is 4. The van der Waals surface area contributed by atoms with Crippen LogP contribution in [0.2, 0.25) is 5.02 Å². The Hall–Kier alpha value is -3.02. The third-order valence-electron chi connectivity index (χ3n) is 9.74. The van der Waals surface area contributed by atoms with Gasteiger partial charge in [-0.2, -0.15) is 0 Å². The minimum Gasteiger partial charge on any atom is -0.436 e. The van der Waals surface area contributed by atoms with Gasteiger partial charge in [-0.15, -0.1) is 11.3 Å². The van der Waals surface area contributed by atoms with Gasteiger partial charge >= 0.3 is 12.1 Å². The first kappa shape index (κ1) is 31.0. The molecule has 0 bridgehead atoms. The molecule has 0 spiro atoms. The van der Waals surface area contributed by atoms with E-state index in [1.165, 1.54) is 19.3 Å². The third kappa shape index (κ3) is 6.79. The first-order chi connectivity index (χ1) is 21.3. The zero-order chi connectivity index (χ0) is 30.8. The average molecular weight is 643 g/mol. The fraction of sp³-hybridized carbons (Fsp3) is 0.594. The maximum Gasteiger partial charge on any atom is 0.410 e. The number of likely N-dealkylation sites (tertiary alicyclic amines) is 3. The Morgan fingerprint density at radius 3 is 2.41 bits per heavy atom. The number of carbonyl (C=O) groups excluding carboxylic acids is 3. The van der Waals surface area contributed by atoms with Crippen molar-refractivity contribution in [2.75, 3.05) is 50.3 Å². The molecule has 3 saturated heterocycles. The molecule has 0 aliphatic carbocycles. The van der Waals surface area contributed by atoms with Gasteiger partial charge in [0.15, 0.2) is 6.10 Å². The number of rotatable bonds is 6. The maximum atomic E-state index is 13.9. The number of nitrogen functional groups attached to an aromatic ring is 1. The van der Waals surface area contributed by atoms with Crippen LogP contribution in [0.25, 0.3) is 0 Å². The Morgan fingerprint density at radius 1 is 1.02 bits per heavy atom. The standard InChI is InChI=1S/C32H43ClN6O4S/c1-21-17-22(18-25(33)29(21)34)19-27(30(40)37-12-5-23(6-13-37)36-10-3-2-4-11-36)43-32(42)38-14-7-24(8-15-38)39-20-28-26(9-16-44-28)35-31(39)41/h9,16-18,23-24,27H,2-8,10-15,19-20,34H2,1H3,(H,35,41)/t27-/m1/s1. The van der Waals surface area contributed by atoms with Crippen LogP contribution in [0, 0.1) is 6.92 Å². The Bertz CT molecular complexity index is 1340. The predicted octanol–water partition coefficient (Wildman–Crippen LogP) is 5.33. The van der Waals surface area contributed by atoms with Crippen LogP contribution >= 0.6 is 22.9 Å². The normalized spacial score (nSPS) is 21.1. The Balaban J connectivity index is 1.09. The summed E-state index contributed by atoms with van der Waals surface area (Å²) in [5.74, 6) is -0.160. The van der Waals surface area contributed by atoms with Crippen molar-refractivity contribution < 1.29 is 19.1 Å². The summed E-state index contributed by atoms with van der Waals surface area (Å²) in [4.78, 5) is 49.3. The van der Waals surface area contributed by atoms with Crippen LogP contribution in [0.3, 0.4) is 0 Å². The number of aryl methyl sites for hydroxylation is 1. The second-order valence-electron chi connectivity index (χ2n) is 12.6. The highest BCUT2D eigenvalue weighted by Gasteiger charge is 2.37. The van der Waals surface area contributed by atoms with Crippen molar-refractivity contribution in [1.29, 1.82) is 0 Å². The fourth-order valence-corrected chi connectivity index (χ4v) is 8.23. The second kappa shape index (κ2) is 13.5. The maximum absolute atomic E-state index is 13.9.